The molecule has 0 spiro atoms. The van der Waals surface area contributed by atoms with Crippen LogP contribution < -0.4 is 0 Å². The summed E-state index contributed by atoms with van der Waals surface area (Å²) in [4.78, 5) is 11.4. The Balaban J connectivity index is 2.60. The van der Waals surface area contributed by atoms with Crippen molar-refractivity contribution in [2.75, 3.05) is 7.11 Å². The normalized spacial score (nSPS) is 12.7. The molecule has 96 valence electrons. The SMILES string of the molecule is CCn1c(C(O)C(=O)OC)cc2cc(Br)ccc21. The molecule has 1 N–H and O–H groups in total. The van der Waals surface area contributed by atoms with Crippen LogP contribution in [0.15, 0.2) is 28.7 Å². The van der Waals surface area contributed by atoms with Crippen LogP contribution in [0.2, 0.25) is 0 Å². The summed E-state index contributed by atoms with van der Waals surface area (Å²) in [6, 6.07) is 7.65. The molecule has 1 aromatic heterocycles. The molecule has 4 nitrogen and oxygen atoms in total. The zero-order chi connectivity index (χ0) is 13.3. The third kappa shape index (κ3) is 2.15. The fourth-order valence-corrected chi connectivity index (χ4v) is 2.45. The van der Waals surface area contributed by atoms with E-state index in [0.717, 1.165) is 15.4 Å². The van der Waals surface area contributed by atoms with Crippen molar-refractivity contribution in [1.29, 1.82) is 0 Å². The van der Waals surface area contributed by atoms with Gasteiger partial charge in [0.1, 0.15) is 0 Å². The van der Waals surface area contributed by atoms with Crippen LogP contribution in [0.3, 0.4) is 0 Å². The van der Waals surface area contributed by atoms with Gasteiger partial charge in [-0.3, -0.25) is 0 Å². The first-order valence-corrected chi connectivity index (χ1v) is 6.42. The predicted octanol–water partition coefficient (Wildman–Crippen LogP) is 2.63. The van der Waals surface area contributed by atoms with Crippen molar-refractivity contribution in [3.05, 3.63) is 34.4 Å². The maximum Gasteiger partial charge on any atom is 0.340 e. The number of methoxy groups -OCH3 is 1. The highest BCUT2D eigenvalue weighted by atomic mass is 79.9. The quantitative estimate of drug-likeness (QED) is 0.887. The van der Waals surface area contributed by atoms with Crippen LogP contribution in [0, 0.1) is 0 Å². The molecule has 1 aromatic carbocycles. The van der Waals surface area contributed by atoms with E-state index < -0.39 is 12.1 Å². The van der Waals surface area contributed by atoms with Crippen molar-refractivity contribution in [2.24, 2.45) is 0 Å². The number of rotatable bonds is 3. The van der Waals surface area contributed by atoms with E-state index in [2.05, 4.69) is 20.7 Å². The van der Waals surface area contributed by atoms with E-state index in [0.29, 0.717) is 12.2 Å². The molecule has 0 radical (unpaired) electrons. The molecule has 0 amide bonds. The van der Waals surface area contributed by atoms with Gasteiger partial charge in [-0.25, -0.2) is 4.79 Å². The van der Waals surface area contributed by atoms with Crippen molar-refractivity contribution in [3.8, 4) is 0 Å². The molecule has 5 heteroatoms. The topological polar surface area (TPSA) is 51.5 Å². The fraction of sp³-hybridized carbons (Fsp3) is 0.308. The van der Waals surface area contributed by atoms with Crippen LogP contribution >= 0.6 is 15.9 Å². The summed E-state index contributed by atoms with van der Waals surface area (Å²) >= 11 is 3.40. The number of aryl methyl sites for hydroxylation is 1. The maximum absolute atomic E-state index is 11.4. The third-order valence-electron chi connectivity index (χ3n) is 2.92. The average molecular weight is 312 g/mol. The van der Waals surface area contributed by atoms with Crippen LogP contribution in [-0.4, -0.2) is 22.8 Å². The number of esters is 1. The number of hydrogen-bond acceptors (Lipinski definition) is 3. The summed E-state index contributed by atoms with van der Waals surface area (Å²) in [5.41, 5.74) is 1.54. The Morgan fingerprint density at radius 2 is 2.22 bits per heavy atom. The molecule has 1 unspecified atom stereocenters. The van der Waals surface area contributed by atoms with Crippen molar-refractivity contribution >= 4 is 32.8 Å². The van der Waals surface area contributed by atoms with Crippen molar-refractivity contribution in [2.45, 2.75) is 19.6 Å². The van der Waals surface area contributed by atoms with Gasteiger partial charge in [0.05, 0.1) is 12.8 Å². The molecule has 1 heterocycles. The number of aliphatic hydroxyl groups is 1. The Labute approximate surface area is 113 Å². The number of aliphatic hydroxyl groups excluding tert-OH is 1. The number of benzene rings is 1. The lowest BCUT2D eigenvalue weighted by Crippen LogP contribution is -2.17. The third-order valence-corrected chi connectivity index (χ3v) is 3.41. The highest BCUT2D eigenvalue weighted by Gasteiger charge is 2.22. The Bertz CT molecular complexity index is 591. The molecule has 2 rings (SSSR count). The van der Waals surface area contributed by atoms with Crippen LogP contribution in [-0.2, 0) is 16.1 Å². The minimum Gasteiger partial charge on any atom is -0.467 e. The van der Waals surface area contributed by atoms with Gasteiger partial charge in [0, 0.05) is 21.9 Å². The number of nitrogens with zero attached hydrogens (tertiary/aromatic N) is 1. The maximum atomic E-state index is 11.4. The van der Waals surface area contributed by atoms with Gasteiger partial charge in [-0.2, -0.15) is 0 Å². The van der Waals surface area contributed by atoms with Crippen molar-refractivity contribution in [3.63, 3.8) is 0 Å². The van der Waals surface area contributed by atoms with Gasteiger partial charge in [0.2, 0.25) is 0 Å². The van der Waals surface area contributed by atoms with Crippen LogP contribution in [0.4, 0.5) is 0 Å². The molecular weight excluding hydrogens is 298 g/mol. The fourth-order valence-electron chi connectivity index (χ4n) is 2.07. The molecule has 0 aliphatic carbocycles. The van der Waals surface area contributed by atoms with E-state index >= 15 is 0 Å². The Kier molecular flexibility index (Phi) is 3.73. The van der Waals surface area contributed by atoms with Crippen LogP contribution in [0.1, 0.15) is 18.7 Å². The summed E-state index contributed by atoms with van der Waals surface area (Å²) in [6.45, 7) is 2.64. The van der Waals surface area contributed by atoms with Gasteiger partial charge in [-0.15, -0.1) is 0 Å². The Hall–Kier alpha value is -1.33. The highest BCUT2D eigenvalue weighted by molar-refractivity contribution is 9.10. The van der Waals surface area contributed by atoms with Crippen molar-refractivity contribution in [1.82, 2.24) is 4.57 Å². The lowest BCUT2D eigenvalue weighted by atomic mass is 10.2. The van der Waals surface area contributed by atoms with E-state index in [1.54, 1.807) is 0 Å². The molecule has 0 aliphatic rings. The van der Waals surface area contributed by atoms with Gasteiger partial charge >= 0.3 is 5.97 Å². The molecule has 0 saturated carbocycles. The van der Waals surface area contributed by atoms with Crippen molar-refractivity contribution < 1.29 is 14.6 Å². The predicted molar refractivity (Wildman–Crippen MR) is 72.3 cm³/mol. The van der Waals surface area contributed by atoms with Crippen LogP contribution in [0.25, 0.3) is 10.9 Å². The van der Waals surface area contributed by atoms with Gasteiger partial charge in [-0.05, 0) is 31.2 Å². The van der Waals surface area contributed by atoms with E-state index in [1.807, 2.05) is 35.8 Å². The van der Waals surface area contributed by atoms with E-state index in [1.165, 1.54) is 7.11 Å². The molecule has 18 heavy (non-hydrogen) atoms. The Morgan fingerprint density at radius 3 is 2.83 bits per heavy atom. The number of hydrogen-bond donors (Lipinski definition) is 1. The molecule has 0 saturated heterocycles. The van der Waals surface area contributed by atoms with Crippen LogP contribution in [0.5, 0.6) is 0 Å². The zero-order valence-corrected chi connectivity index (χ0v) is 11.8. The number of halogens is 1. The molecular formula is C13H14BrNO3. The van der Waals surface area contributed by atoms with Gasteiger partial charge in [-0.1, -0.05) is 15.9 Å². The molecule has 0 aliphatic heterocycles. The van der Waals surface area contributed by atoms with Gasteiger partial charge in [0.25, 0.3) is 0 Å². The second kappa shape index (κ2) is 5.12. The lowest BCUT2D eigenvalue weighted by molar-refractivity contribution is -0.151. The second-order valence-corrected chi connectivity index (χ2v) is 4.86. The smallest absolute Gasteiger partial charge is 0.340 e. The summed E-state index contributed by atoms with van der Waals surface area (Å²) < 4.78 is 7.44. The van der Waals surface area contributed by atoms with E-state index in [4.69, 9.17) is 0 Å². The Morgan fingerprint density at radius 1 is 1.50 bits per heavy atom. The van der Waals surface area contributed by atoms with Gasteiger partial charge < -0.3 is 14.4 Å². The summed E-state index contributed by atoms with van der Waals surface area (Å²) in [7, 11) is 1.26. The monoisotopic (exact) mass is 311 g/mol. The molecule has 0 bridgehead atoms. The number of carbonyl (C=O) groups excluding carboxylic acids is 1. The summed E-state index contributed by atoms with van der Waals surface area (Å²) in [5, 5.41) is 10.9. The molecule has 2 aromatic rings. The summed E-state index contributed by atoms with van der Waals surface area (Å²) in [6.07, 6.45) is -1.25. The average Bonchev–Trinajstić information content (AvgIpc) is 2.74. The minimum atomic E-state index is -1.25. The first kappa shape index (κ1) is 13.1. The summed E-state index contributed by atoms with van der Waals surface area (Å²) in [5.74, 6) is -0.647. The zero-order valence-electron chi connectivity index (χ0n) is 10.2. The molecule has 0 fully saturated rings. The van der Waals surface area contributed by atoms with E-state index in [-0.39, 0.29) is 0 Å². The first-order chi connectivity index (χ1) is 8.58. The standard InChI is InChI=1S/C13H14BrNO3/c1-3-15-10-5-4-9(14)6-8(10)7-11(15)12(16)13(17)18-2/h4-7,12,16H,3H2,1-2H3. The minimum absolute atomic E-state index is 0.553. The van der Waals surface area contributed by atoms with Gasteiger partial charge in [0.15, 0.2) is 6.10 Å². The van der Waals surface area contributed by atoms with E-state index in [9.17, 15) is 9.90 Å². The first-order valence-electron chi connectivity index (χ1n) is 5.63. The number of ether oxygens (including phenoxy) is 1. The number of aromatic nitrogens is 1. The number of fused-ring (bicyclic) bond motifs is 1. The largest absolute Gasteiger partial charge is 0.467 e. The highest BCUT2D eigenvalue weighted by Crippen LogP contribution is 2.27. The lowest BCUT2D eigenvalue weighted by Gasteiger charge is -2.12. The second-order valence-electron chi connectivity index (χ2n) is 3.94. The number of carbonyl (C=O) groups is 1. The molecule has 1 atom stereocenters.